The van der Waals surface area contributed by atoms with Gasteiger partial charge in [0.15, 0.2) is 0 Å². The average Bonchev–Trinajstić information content (AvgIpc) is 2.39. The van der Waals surface area contributed by atoms with E-state index in [1.54, 1.807) is 0 Å². The Bertz CT molecular complexity index is 337. The zero-order valence-corrected chi connectivity index (χ0v) is 13.3. The zero-order valence-electron chi connectivity index (χ0n) is 13.3. The van der Waals surface area contributed by atoms with Gasteiger partial charge in [0.1, 0.15) is 0 Å². The molecule has 1 aliphatic heterocycles. The molecular formula is C16H30N2. The van der Waals surface area contributed by atoms with Gasteiger partial charge in [-0.1, -0.05) is 48.5 Å². The minimum atomic E-state index is 0.126. The highest BCUT2D eigenvalue weighted by atomic mass is 15.1. The van der Waals surface area contributed by atoms with Gasteiger partial charge in [0.2, 0.25) is 0 Å². The van der Waals surface area contributed by atoms with Crippen LogP contribution in [0.4, 0.5) is 0 Å². The van der Waals surface area contributed by atoms with Crippen molar-refractivity contribution in [3.05, 3.63) is 11.3 Å². The van der Waals surface area contributed by atoms with Crippen LogP contribution < -0.4 is 0 Å². The van der Waals surface area contributed by atoms with Crippen molar-refractivity contribution in [2.45, 2.75) is 54.9 Å². The summed E-state index contributed by atoms with van der Waals surface area (Å²) in [5.74, 6) is 0. The summed E-state index contributed by atoms with van der Waals surface area (Å²) in [6.07, 6.45) is 3.30. The molecule has 0 aliphatic carbocycles. The van der Waals surface area contributed by atoms with Crippen molar-refractivity contribution in [2.75, 3.05) is 19.6 Å². The van der Waals surface area contributed by atoms with E-state index in [-0.39, 0.29) is 10.8 Å². The summed E-state index contributed by atoms with van der Waals surface area (Å²) in [6, 6.07) is 0. The molecule has 0 amide bonds. The Kier molecular flexibility index (Phi) is 4.77. The molecule has 0 radical (unpaired) electrons. The van der Waals surface area contributed by atoms with Gasteiger partial charge in [0.05, 0.1) is 0 Å². The Morgan fingerprint density at radius 3 is 2.17 bits per heavy atom. The Balaban J connectivity index is 3.17. The summed E-state index contributed by atoms with van der Waals surface area (Å²) < 4.78 is 0. The second-order valence-electron chi connectivity index (χ2n) is 7.37. The van der Waals surface area contributed by atoms with E-state index in [2.05, 4.69) is 59.6 Å². The minimum absolute atomic E-state index is 0.126. The molecule has 0 saturated heterocycles. The molecule has 104 valence electrons. The van der Waals surface area contributed by atoms with Crippen LogP contribution in [0, 0.1) is 10.8 Å². The molecule has 2 heteroatoms. The molecule has 0 unspecified atom stereocenters. The summed E-state index contributed by atoms with van der Waals surface area (Å²) in [6.45, 7) is 19.1. The van der Waals surface area contributed by atoms with Crippen molar-refractivity contribution in [3.63, 3.8) is 0 Å². The van der Waals surface area contributed by atoms with Crippen molar-refractivity contribution in [3.8, 4) is 0 Å². The molecule has 2 nitrogen and oxygen atoms in total. The summed E-state index contributed by atoms with van der Waals surface area (Å²) in [4.78, 5) is 7.29. The zero-order chi connectivity index (χ0) is 14.0. The second kappa shape index (κ2) is 5.56. The predicted octanol–water partition coefficient (Wildman–Crippen LogP) is 4.13. The summed E-state index contributed by atoms with van der Waals surface area (Å²) in [7, 11) is 0. The molecule has 1 heterocycles. The number of hydrogen-bond acceptors (Lipinski definition) is 2. The number of rotatable bonds is 2. The van der Waals surface area contributed by atoms with Crippen molar-refractivity contribution in [1.29, 1.82) is 0 Å². The third-order valence-electron chi connectivity index (χ3n) is 3.38. The lowest BCUT2D eigenvalue weighted by Crippen LogP contribution is -2.32. The molecule has 1 aliphatic rings. The van der Waals surface area contributed by atoms with E-state index >= 15 is 0 Å². The molecule has 18 heavy (non-hydrogen) atoms. The Labute approximate surface area is 113 Å². The van der Waals surface area contributed by atoms with Crippen molar-refractivity contribution in [1.82, 2.24) is 4.90 Å². The molecule has 0 bridgehead atoms. The first-order valence-electron chi connectivity index (χ1n) is 7.15. The van der Waals surface area contributed by atoms with E-state index in [4.69, 9.17) is 4.99 Å². The van der Waals surface area contributed by atoms with Crippen LogP contribution in [0.25, 0.3) is 0 Å². The van der Waals surface area contributed by atoms with E-state index in [1.165, 1.54) is 17.7 Å². The molecule has 1 rings (SSSR count). The first kappa shape index (κ1) is 15.4. The van der Waals surface area contributed by atoms with E-state index in [0.717, 1.165) is 19.6 Å². The predicted molar refractivity (Wildman–Crippen MR) is 81.2 cm³/mol. The highest BCUT2D eigenvalue weighted by Crippen LogP contribution is 2.38. The topological polar surface area (TPSA) is 15.6 Å². The van der Waals surface area contributed by atoms with Crippen LogP contribution in [0.5, 0.6) is 0 Å². The van der Waals surface area contributed by atoms with E-state index in [9.17, 15) is 0 Å². The number of hydrogen-bond donors (Lipinski definition) is 0. The SMILES string of the molecule is CCCN1CC=NC(C(C)(C)C)=C(C(C)(C)C)C1. The van der Waals surface area contributed by atoms with E-state index in [1.807, 2.05) is 0 Å². The molecule has 0 aromatic carbocycles. The van der Waals surface area contributed by atoms with Crippen LogP contribution in [-0.4, -0.2) is 30.7 Å². The van der Waals surface area contributed by atoms with Crippen molar-refractivity contribution in [2.24, 2.45) is 15.8 Å². The summed E-state index contributed by atoms with van der Waals surface area (Å²) in [5.41, 5.74) is 3.10. The van der Waals surface area contributed by atoms with Gasteiger partial charge in [-0.25, -0.2) is 0 Å². The lowest BCUT2D eigenvalue weighted by molar-refractivity contribution is 0.309. The monoisotopic (exact) mass is 250 g/mol. The maximum atomic E-state index is 4.79. The van der Waals surface area contributed by atoms with Gasteiger partial charge in [-0.05, 0) is 24.0 Å². The Hall–Kier alpha value is -0.630. The maximum absolute atomic E-state index is 4.79. The molecule has 0 fully saturated rings. The van der Waals surface area contributed by atoms with Crippen LogP contribution in [-0.2, 0) is 0 Å². The summed E-state index contributed by atoms with van der Waals surface area (Å²) in [5, 5.41) is 0. The van der Waals surface area contributed by atoms with Crippen LogP contribution in [0.3, 0.4) is 0 Å². The van der Waals surface area contributed by atoms with Gasteiger partial charge in [0, 0.05) is 30.4 Å². The lowest BCUT2D eigenvalue weighted by Gasteiger charge is -2.32. The van der Waals surface area contributed by atoms with Crippen LogP contribution in [0.1, 0.15) is 54.9 Å². The molecular weight excluding hydrogens is 220 g/mol. The van der Waals surface area contributed by atoms with Crippen molar-refractivity contribution < 1.29 is 0 Å². The Morgan fingerprint density at radius 2 is 1.72 bits per heavy atom. The number of aliphatic imine (C=N–C) groups is 1. The fraction of sp³-hybridized carbons (Fsp3) is 0.812. The largest absolute Gasteiger partial charge is 0.294 e. The molecule has 0 aromatic rings. The average molecular weight is 250 g/mol. The summed E-state index contributed by atoms with van der Waals surface area (Å²) >= 11 is 0. The molecule has 0 atom stereocenters. The van der Waals surface area contributed by atoms with Crippen molar-refractivity contribution >= 4 is 6.21 Å². The van der Waals surface area contributed by atoms with Gasteiger partial charge in [-0.15, -0.1) is 0 Å². The fourth-order valence-corrected chi connectivity index (χ4v) is 2.41. The minimum Gasteiger partial charge on any atom is -0.294 e. The van der Waals surface area contributed by atoms with Gasteiger partial charge in [0.25, 0.3) is 0 Å². The second-order valence-corrected chi connectivity index (χ2v) is 7.37. The van der Waals surface area contributed by atoms with Crippen LogP contribution in [0.2, 0.25) is 0 Å². The third-order valence-corrected chi connectivity index (χ3v) is 3.38. The first-order chi connectivity index (χ1) is 8.16. The highest BCUT2D eigenvalue weighted by molar-refractivity contribution is 5.63. The Morgan fingerprint density at radius 1 is 1.11 bits per heavy atom. The maximum Gasteiger partial charge on any atom is 0.0463 e. The standard InChI is InChI=1S/C16H30N2/c1-8-10-18-11-9-17-14(16(5,6)7)13(12-18)15(2,3)4/h9H,8,10-12H2,1-7H3. The third kappa shape index (κ3) is 3.94. The normalized spacial score (nSPS) is 19.3. The smallest absolute Gasteiger partial charge is 0.0463 e. The van der Waals surface area contributed by atoms with Crippen LogP contribution >= 0.6 is 0 Å². The number of allylic oxidation sites excluding steroid dienone is 1. The van der Waals surface area contributed by atoms with Gasteiger partial charge in [-0.2, -0.15) is 0 Å². The van der Waals surface area contributed by atoms with Gasteiger partial charge >= 0.3 is 0 Å². The first-order valence-corrected chi connectivity index (χ1v) is 7.15. The quantitative estimate of drug-likeness (QED) is 0.719. The highest BCUT2D eigenvalue weighted by Gasteiger charge is 2.30. The van der Waals surface area contributed by atoms with Gasteiger partial charge in [-0.3, -0.25) is 9.89 Å². The van der Waals surface area contributed by atoms with E-state index < -0.39 is 0 Å². The van der Waals surface area contributed by atoms with E-state index in [0.29, 0.717) is 0 Å². The number of nitrogens with zero attached hydrogens (tertiary/aromatic N) is 2. The molecule has 0 N–H and O–H groups in total. The molecule has 0 spiro atoms. The van der Waals surface area contributed by atoms with Gasteiger partial charge < -0.3 is 0 Å². The molecule has 0 saturated carbocycles. The fourth-order valence-electron chi connectivity index (χ4n) is 2.41. The lowest BCUT2D eigenvalue weighted by atomic mass is 9.78. The van der Waals surface area contributed by atoms with Crippen LogP contribution in [0.15, 0.2) is 16.3 Å². The molecule has 0 aromatic heterocycles.